The Hall–Kier alpha value is -0.260. The van der Waals surface area contributed by atoms with Crippen molar-refractivity contribution >= 4 is 0 Å². The first kappa shape index (κ1) is 10.7. The van der Waals surface area contributed by atoms with E-state index in [0.717, 1.165) is 17.8 Å². The van der Waals surface area contributed by atoms with Crippen LogP contribution in [0.2, 0.25) is 0 Å². The van der Waals surface area contributed by atoms with E-state index in [1.807, 2.05) is 0 Å². The van der Waals surface area contributed by atoms with Gasteiger partial charge in [0.2, 0.25) is 0 Å². The Balaban J connectivity index is 3.72. The van der Waals surface area contributed by atoms with E-state index in [2.05, 4.69) is 46.8 Å². The van der Waals surface area contributed by atoms with E-state index < -0.39 is 0 Å². The minimum absolute atomic E-state index is 0.726. The van der Waals surface area contributed by atoms with Crippen molar-refractivity contribution in [3.8, 4) is 0 Å². The molecule has 0 spiro atoms. The molecular formula is C11H22. The van der Waals surface area contributed by atoms with Gasteiger partial charge in [0.25, 0.3) is 0 Å². The average Bonchev–Trinajstić information content (AvgIpc) is 1.99. The van der Waals surface area contributed by atoms with Crippen molar-refractivity contribution in [1.29, 1.82) is 0 Å². The molecule has 0 aromatic rings. The van der Waals surface area contributed by atoms with Gasteiger partial charge < -0.3 is 0 Å². The van der Waals surface area contributed by atoms with Crippen LogP contribution >= 0.6 is 0 Å². The molecule has 0 nitrogen and oxygen atoms in total. The van der Waals surface area contributed by atoms with Gasteiger partial charge in [-0.15, -0.1) is 0 Å². The minimum atomic E-state index is 0.726. The molecule has 0 saturated heterocycles. The highest BCUT2D eigenvalue weighted by atomic mass is 14.1. The molecule has 0 aromatic heterocycles. The molecule has 0 fully saturated rings. The molecule has 0 amide bonds. The maximum Gasteiger partial charge on any atom is -0.0239 e. The summed E-state index contributed by atoms with van der Waals surface area (Å²) in [5.74, 6) is 2.25. The maximum atomic E-state index is 2.35. The lowest BCUT2D eigenvalue weighted by Crippen LogP contribution is -2.00. The SMILES string of the molecule is CCC(C)/C=C/[C@H](C)C(C)C. The van der Waals surface area contributed by atoms with Gasteiger partial charge in [0.1, 0.15) is 0 Å². The molecule has 0 heterocycles. The lowest BCUT2D eigenvalue weighted by Gasteiger charge is -2.10. The monoisotopic (exact) mass is 154 g/mol. The zero-order chi connectivity index (χ0) is 8.85. The van der Waals surface area contributed by atoms with Crippen molar-refractivity contribution in [3.05, 3.63) is 12.2 Å². The van der Waals surface area contributed by atoms with Crippen LogP contribution < -0.4 is 0 Å². The molecule has 0 N–H and O–H groups in total. The Labute approximate surface area is 71.7 Å². The highest BCUT2D eigenvalue weighted by Gasteiger charge is 2.01. The van der Waals surface area contributed by atoms with E-state index in [9.17, 15) is 0 Å². The van der Waals surface area contributed by atoms with Gasteiger partial charge in [-0.1, -0.05) is 53.2 Å². The fraction of sp³-hybridized carbons (Fsp3) is 0.818. The first-order chi connectivity index (χ1) is 5.07. The van der Waals surface area contributed by atoms with Crippen LogP contribution in [0.4, 0.5) is 0 Å². The third-order valence-electron chi connectivity index (χ3n) is 2.44. The van der Waals surface area contributed by atoms with Crippen LogP contribution in [-0.4, -0.2) is 0 Å². The van der Waals surface area contributed by atoms with Gasteiger partial charge in [-0.3, -0.25) is 0 Å². The number of rotatable bonds is 4. The largest absolute Gasteiger partial charge is 0.0854 e. The normalized spacial score (nSPS) is 17.6. The molecule has 0 aliphatic rings. The Kier molecular flexibility index (Phi) is 5.27. The summed E-state index contributed by atoms with van der Waals surface area (Å²) >= 11 is 0. The fourth-order valence-electron chi connectivity index (χ4n) is 0.723. The second-order valence-corrected chi connectivity index (χ2v) is 3.87. The molecule has 0 saturated carbocycles. The molecule has 11 heavy (non-hydrogen) atoms. The van der Waals surface area contributed by atoms with Crippen molar-refractivity contribution in [2.45, 2.75) is 41.0 Å². The third-order valence-corrected chi connectivity index (χ3v) is 2.44. The molecule has 0 bridgehead atoms. The first-order valence-corrected chi connectivity index (χ1v) is 4.76. The predicted octanol–water partition coefficient (Wildman–Crippen LogP) is 3.88. The second-order valence-electron chi connectivity index (χ2n) is 3.87. The number of hydrogen-bond acceptors (Lipinski definition) is 0. The molecule has 0 rings (SSSR count). The minimum Gasteiger partial charge on any atom is -0.0854 e. The first-order valence-electron chi connectivity index (χ1n) is 4.76. The molecular weight excluding hydrogens is 132 g/mol. The van der Waals surface area contributed by atoms with Crippen molar-refractivity contribution in [1.82, 2.24) is 0 Å². The highest BCUT2D eigenvalue weighted by Crippen LogP contribution is 2.13. The molecule has 1 unspecified atom stereocenters. The van der Waals surface area contributed by atoms with Crippen LogP contribution in [0.15, 0.2) is 12.2 Å². The van der Waals surface area contributed by atoms with Crippen LogP contribution in [-0.2, 0) is 0 Å². The predicted molar refractivity (Wildman–Crippen MR) is 52.6 cm³/mol. The van der Waals surface area contributed by atoms with E-state index in [0.29, 0.717) is 0 Å². The topological polar surface area (TPSA) is 0 Å². The molecule has 66 valence electrons. The maximum absolute atomic E-state index is 2.35. The third kappa shape index (κ3) is 5.06. The molecule has 0 aliphatic heterocycles. The van der Waals surface area contributed by atoms with Crippen LogP contribution in [0.3, 0.4) is 0 Å². The van der Waals surface area contributed by atoms with Crippen LogP contribution in [0.25, 0.3) is 0 Å². The van der Waals surface area contributed by atoms with E-state index >= 15 is 0 Å². The van der Waals surface area contributed by atoms with Gasteiger partial charge in [0.05, 0.1) is 0 Å². The van der Waals surface area contributed by atoms with Crippen LogP contribution in [0.1, 0.15) is 41.0 Å². The van der Waals surface area contributed by atoms with E-state index in [4.69, 9.17) is 0 Å². The van der Waals surface area contributed by atoms with Gasteiger partial charge in [0.15, 0.2) is 0 Å². The van der Waals surface area contributed by atoms with Gasteiger partial charge in [-0.05, 0) is 17.8 Å². The Morgan fingerprint density at radius 3 is 1.91 bits per heavy atom. The molecule has 0 aliphatic carbocycles. The zero-order valence-electron chi connectivity index (χ0n) is 8.59. The van der Waals surface area contributed by atoms with Crippen LogP contribution in [0, 0.1) is 17.8 Å². The van der Waals surface area contributed by atoms with Crippen molar-refractivity contribution in [2.24, 2.45) is 17.8 Å². The summed E-state index contributed by atoms with van der Waals surface area (Å²) in [6.07, 6.45) is 5.94. The van der Waals surface area contributed by atoms with Gasteiger partial charge in [-0.25, -0.2) is 0 Å². The summed E-state index contributed by atoms with van der Waals surface area (Å²) in [4.78, 5) is 0. The van der Waals surface area contributed by atoms with Gasteiger partial charge in [0, 0.05) is 0 Å². The van der Waals surface area contributed by atoms with Crippen molar-refractivity contribution < 1.29 is 0 Å². The van der Waals surface area contributed by atoms with Crippen molar-refractivity contribution in [2.75, 3.05) is 0 Å². The van der Waals surface area contributed by atoms with E-state index in [1.54, 1.807) is 0 Å². The van der Waals surface area contributed by atoms with E-state index in [-0.39, 0.29) is 0 Å². The summed E-state index contributed by atoms with van der Waals surface area (Å²) in [5.41, 5.74) is 0. The number of allylic oxidation sites excluding steroid dienone is 2. The lowest BCUT2D eigenvalue weighted by atomic mass is 9.96. The summed E-state index contributed by atoms with van der Waals surface area (Å²) in [6, 6.07) is 0. The molecule has 0 aromatic carbocycles. The zero-order valence-corrected chi connectivity index (χ0v) is 8.59. The Morgan fingerprint density at radius 1 is 1.00 bits per heavy atom. The summed E-state index contributed by atoms with van der Waals surface area (Å²) in [7, 11) is 0. The smallest absolute Gasteiger partial charge is 0.0239 e. The average molecular weight is 154 g/mol. The van der Waals surface area contributed by atoms with Crippen LogP contribution in [0.5, 0.6) is 0 Å². The van der Waals surface area contributed by atoms with Crippen molar-refractivity contribution in [3.63, 3.8) is 0 Å². The fourth-order valence-corrected chi connectivity index (χ4v) is 0.723. The highest BCUT2D eigenvalue weighted by molar-refractivity contribution is 4.90. The van der Waals surface area contributed by atoms with Gasteiger partial charge in [-0.2, -0.15) is 0 Å². The molecule has 0 radical (unpaired) electrons. The standard InChI is InChI=1S/C11H22/c1-6-10(4)7-8-11(5)9(2)3/h7-11H,6H2,1-5H3/b8-7+/t10?,11-/m0/s1. The molecule has 2 atom stereocenters. The lowest BCUT2D eigenvalue weighted by molar-refractivity contribution is 0.500. The molecule has 0 heteroatoms. The summed E-state index contributed by atoms with van der Waals surface area (Å²) in [6.45, 7) is 11.3. The summed E-state index contributed by atoms with van der Waals surface area (Å²) in [5, 5.41) is 0. The summed E-state index contributed by atoms with van der Waals surface area (Å²) < 4.78 is 0. The second kappa shape index (κ2) is 5.40. The Morgan fingerprint density at radius 2 is 1.55 bits per heavy atom. The Bertz CT molecular complexity index is 111. The van der Waals surface area contributed by atoms with E-state index in [1.165, 1.54) is 6.42 Å². The number of hydrogen-bond donors (Lipinski definition) is 0. The van der Waals surface area contributed by atoms with Gasteiger partial charge >= 0.3 is 0 Å². The quantitative estimate of drug-likeness (QED) is 0.539.